The molecular formula is C13H24O. The Hall–Kier alpha value is -0.0400. The molecule has 1 nitrogen and oxygen atoms in total. The predicted molar refractivity (Wildman–Crippen MR) is 59.3 cm³/mol. The summed E-state index contributed by atoms with van der Waals surface area (Å²) in [7, 11) is 0. The number of fused-ring (bicyclic) bond motifs is 1. The molecule has 0 bridgehead atoms. The lowest BCUT2D eigenvalue weighted by Crippen LogP contribution is -2.15. The molecule has 0 spiro atoms. The second-order valence-electron chi connectivity index (χ2n) is 5.68. The van der Waals surface area contributed by atoms with Crippen LogP contribution in [-0.2, 0) is 4.74 Å². The largest absolute Gasteiger partial charge is 0.378 e. The number of hydrogen-bond donors (Lipinski definition) is 0. The molecule has 0 unspecified atom stereocenters. The second-order valence-corrected chi connectivity index (χ2v) is 5.68. The van der Waals surface area contributed by atoms with Gasteiger partial charge in [-0.3, -0.25) is 0 Å². The molecule has 2 fully saturated rings. The summed E-state index contributed by atoms with van der Waals surface area (Å²) in [4.78, 5) is 0. The Kier molecular flexibility index (Phi) is 2.42. The summed E-state index contributed by atoms with van der Waals surface area (Å²) in [5.74, 6) is 0.817. The summed E-state index contributed by atoms with van der Waals surface area (Å²) in [5, 5.41) is 0. The highest BCUT2D eigenvalue weighted by atomic mass is 16.5. The van der Waals surface area contributed by atoms with E-state index in [9.17, 15) is 0 Å². The lowest BCUT2D eigenvalue weighted by molar-refractivity contribution is 0.0461. The molecular weight excluding hydrogens is 172 g/mol. The van der Waals surface area contributed by atoms with Gasteiger partial charge in [0.15, 0.2) is 0 Å². The summed E-state index contributed by atoms with van der Waals surface area (Å²) in [6.07, 6.45) is 6.17. The monoisotopic (exact) mass is 196 g/mol. The van der Waals surface area contributed by atoms with Gasteiger partial charge in [-0.05, 0) is 43.4 Å². The van der Waals surface area contributed by atoms with E-state index in [0.29, 0.717) is 16.9 Å². The summed E-state index contributed by atoms with van der Waals surface area (Å²) < 4.78 is 5.79. The standard InChI is InChI=1S/C13H24O/c1-5-14-10(2)11-12(3)8-6-7-9-13(11,12)4/h10-11H,5-9H2,1-4H3/t10-,12+,13+/m1/s1. The van der Waals surface area contributed by atoms with E-state index in [1.807, 2.05) is 0 Å². The van der Waals surface area contributed by atoms with Crippen molar-refractivity contribution in [2.75, 3.05) is 6.61 Å². The van der Waals surface area contributed by atoms with Crippen molar-refractivity contribution in [2.24, 2.45) is 16.7 Å². The molecule has 0 amide bonds. The number of ether oxygens (including phenoxy) is 1. The van der Waals surface area contributed by atoms with E-state index in [1.54, 1.807) is 0 Å². The first-order valence-electron chi connectivity index (χ1n) is 6.18. The van der Waals surface area contributed by atoms with Crippen LogP contribution in [0.25, 0.3) is 0 Å². The highest BCUT2D eigenvalue weighted by molar-refractivity contribution is 5.20. The molecule has 0 radical (unpaired) electrons. The van der Waals surface area contributed by atoms with Crippen LogP contribution in [-0.4, -0.2) is 12.7 Å². The van der Waals surface area contributed by atoms with Crippen LogP contribution in [0.2, 0.25) is 0 Å². The Balaban J connectivity index is 2.08. The quantitative estimate of drug-likeness (QED) is 0.670. The summed E-state index contributed by atoms with van der Waals surface area (Å²) in [6, 6.07) is 0. The third-order valence-electron chi connectivity index (χ3n) is 5.14. The van der Waals surface area contributed by atoms with Gasteiger partial charge in [0.2, 0.25) is 0 Å². The Morgan fingerprint density at radius 1 is 1.21 bits per heavy atom. The molecule has 0 aromatic rings. The molecule has 14 heavy (non-hydrogen) atoms. The van der Waals surface area contributed by atoms with Crippen LogP contribution in [0.1, 0.15) is 53.4 Å². The summed E-state index contributed by atoms with van der Waals surface area (Å²) in [6.45, 7) is 10.2. The van der Waals surface area contributed by atoms with Gasteiger partial charge in [-0.25, -0.2) is 0 Å². The SMILES string of the molecule is CCO[C@H](C)C1[C@]2(C)CCCC[C@@]12C. The van der Waals surface area contributed by atoms with Crippen molar-refractivity contribution in [1.82, 2.24) is 0 Å². The van der Waals surface area contributed by atoms with E-state index in [4.69, 9.17) is 4.74 Å². The molecule has 3 atom stereocenters. The van der Waals surface area contributed by atoms with Crippen LogP contribution >= 0.6 is 0 Å². The van der Waals surface area contributed by atoms with Crippen LogP contribution < -0.4 is 0 Å². The fraction of sp³-hybridized carbons (Fsp3) is 1.00. The molecule has 0 heterocycles. The average molecular weight is 196 g/mol. The zero-order valence-corrected chi connectivity index (χ0v) is 10.1. The predicted octanol–water partition coefficient (Wildman–Crippen LogP) is 3.63. The topological polar surface area (TPSA) is 9.23 Å². The molecule has 2 saturated carbocycles. The van der Waals surface area contributed by atoms with Crippen LogP contribution in [0.4, 0.5) is 0 Å². The zero-order chi connectivity index (χ0) is 10.4. The van der Waals surface area contributed by atoms with Gasteiger partial charge in [0.25, 0.3) is 0 Å². The fourth-order valence-electron chi connectivity index (χ4n) is 4.26. The highest BCUT2D eigenvalue weighted by Crippen LogP contribution is 2.76. The van der Waals surface area contributed by atoms with Gasteiger partial charge in [-0.2, -0.15) is 0 Å². The maximum atomic E-state index is 5.79. The van der Waals surface area contributed by atoms with Crippen molar-refractivity contribution in [2.45, 2.75) is 59.5 Å². The maximum absolute atomic E-state index is 5.79. The normalized spacial score (nSPS) is 48.4. The fourth-order valence-corrected chi connectivity index (χ4v) is 4.26. The number of hydrogen-bond acceptors (Lipinski definition) is 1. The van der Waals surface area contributed by atoms with Crippen molar-refractivity contribution in [1.29, 1.82) is 0 Å². The van der Waals surface area contributed by atoms with Crippen LogP contribution in [0.15, 0.2) is 0 Å². The first-order chi connectivity index (χ1) is 6.56. The Bertz CT molecular complexity index is 207. The third-order valence-corrected chi connectivity index (χ3v) is 5.14. The Labute approximate surface area is 88.2 Å². The van der Waals surface area contributed by atoms with Gasteiger partial charge in [-0.15, -0.1) is 0 Å². The van der Waals surface area contributed by atoms with Gasteiger partial charge in [-0.1, -0.05) is 26.7 Å². The molecule has 0 N–H and O–H groups in total. The van der Waals surface area contributed by atoms with Crippen LogP contribution in [0, 0.1) is 16.7 Å². The Morgan fingerprint density at radius 2 is 1.71 bits per heavy atom. The second kappa shape index (κ2) is 3.23. The number of rotatable bonds is 3. The van der Waals surface area contributed by atoms with E-state index in [2.05, 4.69) is 27.7 Å². The lowest BCUT2D eigenvalue weighted by Gasteiger charge is -2.23. The molecule has 0 aromatic heterocycles. The molecule has 1 heteroatoms. The minimum absolute atomic E-state index is 0.466. The zero-order valence-electron chi connectivity index (χ0n) is 10.1. The molecule has 2 aliphatic rings. The van der Waals surface area contributed by atoms with E-state index in [0.717, 1.165) is 12.5 Å². The molecule has 82 valence electrons. The highest BCUT2D eigenvalue weighted by Gasteiger charge is 2.72. The van der Waals surface area contributed by atoms with Gasteiger partial charge < -0.3 is 4.74 Å². The van der Waals surface area contributed by atoms with Crippen molar-refractivity contribution < 1.29 is 4.74 Å². The van der Waals surface area contributed by atoms with Gasteiger partial charge in [0.05, 0.1) is 6.10 Å². The summed E-state index contributed by atoms with van der Waals surface area (Å²) >= 11 is 0. The molecule has 0 aliphatic heterocycles. The molecule has 2 aliphatic carbocycles. The van der Waals surface area contributed by atoms with Crippen LogP contribution in [0.3, 0.4) is 0 Å². The minimum atomic E-state index is 0.466. The van der Waals surface area contributed by atoms with E-state index < -0.39 is 0 Å². The van der Waals surface area contributed by atoms with Gasteiger partial charge in [0, 0.05) is 6.61 Å². The Morgan fingerprint density at radius 3 is 2.14 bits per heavy atom. The first kappa shape index (κ1) is 10.5. The van der Waals surface area contributed by atoms with Gasteiger partial charge in [0.1, 0.15) is 0 Å². The molecule has 2 rings (SSSR count). The van der Waals surface area contributed by atoms with Crippen molar-refractivity contribution >= 4 is 0 Å². The van der Waals surface area contributed by atoms with Crippen molar-refractivity contribution in [3.05, 3.63) is 0 Å². The van der Waals surface area contributed by atoms with Crippen molar-refractivity contribution in [3.63, 3.8) is 0 Å². The van der Waals surface area contributed by atoms with Crippen LogP contribution in [0.5, 0.6) is 0 Å². The van der Waals surface area contributed by atoms with Gasteiger partial charge >= 0.3 is 0 Å². The molecule has 0 aromatic carbocycles. The van der Waals surface area contributed by atoms with E-state index >= 15 is 0 Å². The lowest BCUT2D eigenvalue weighted by atomic mass is 9.82. The third kappa shape index (κ3) is 1.18. The summed E-state index contributed by atoms with van der Waals surface area (Å²) in [5.41, 5.74) is 1.19. The average Bonchev–Trinajstić information content (AvgIpc) is 2.63. The first-order valence-corrected chi connectivity index (χ1v) is 6.18. The maximum Gasteiger partial charge on any atom is 0.0585 e. The van der Waals surface area contributed by atoms with E-state index in [1.165, 1.54) is 25.7 Å². The smallest absolute Gasteiger partial charge is 0.0585 e. The van der Waals surface area contributed by atoms with E-state index in [-0.39, 0.29) is 0 Å². The van der Waals surface area contributed by atoms with Crippen molar-refractivity contribution in [3.8, 4) is 0 Å². The molecule has 0 saturated heterocycles. The minimum Gasteiger partial charge on any atom is -0.378 e.